The Labute approximate surface area is 189 Å². The second-order valence-corrected chi connectivity index (χ2v) is 7.69. The highest BCUT2D eigenvalue weighted by Crippen LogP contribution is 2.22. The molecule has 0 unspecified atom stereocenters. The Balaban J connectivity index is 1.48. The van der Waals surface area contributed by atoms with E-state index in [-0.39, 0.29) is 0 Å². The SMILES string of the molecule is C=C(C)/C=C(\C=C/C)c1ccc(CNc2ncnc(-c3ccc4ccccc4c3)n2)cc1. The van der Waals surface area contributed by atoms with Gasteiger partial charge in [0.1, 0.15) is 6.33 Å². The molecule has 0 bridgehead atoms. The normalized spacial score (nSPS) is 11.8. The van der Waals surface area contributed by atoms with Crippen LogP contribution in [0.15, 0.2) is 103 Å². The van der Waals surface area contributed by atoms with Gasteiger partial charge in [0, 0.05) is 12.1 Å². The third-order valence-corrected chi connectivity index (χ3v) is 5.07. The lowest BCUT2D eigenvalue weighted by atomic mass is 10.0. The number of rotatable bonds is 7. The number of anilines is 1. The zero-order chi connectivity index (χ0) is 22.3. The molecule has 1 heterocycles. The van der Waals surface area contributed by atoms with E-state index in [0.717, 1.165) is 33.2 Å². The number of fused-ring (bicyclic) bond motifs is 1. The molecule has 0 aliphatic rings. The van der Waals surface area contributed by atoms with Crippen LogP contribution in [-0.4, -0.2) is 15.0 Å². The molecule has 4 aromatic rings. The fourth-order valence-electron chi connectivity index (χ4n) is 3.52. The molecule has 1 aromatic heterocycles. The van der Waals surface area contributed by atoms with Gasteiger partial charge in [0.15, 0.2) is 5.82 Å². The fourth-order valence-corrected chi connectivity index (χ4v) is 3.52. The van der Waals surface area contributed by atoms with Crippen molar-refractivity contribution in [3.63, 3.8) is 0 Å². The van der Waals surface area contributed by atoms with Crippen LogP contribution in [0.3, 0.4) is 0 Å². The summed E-state index contributed by atoms with van der Waals surface area (Å²) >= 11 is 0. The van der Waals surface area contributed by atoms with Crippen molar-refractivity contribution in [2.75, 3.05) is 5.32 Å². The van der Waals surface area contributed by atoms with Crippen molar-refractivity contribution in [2.45, 2.75) is 20.4 Å². The Morgan fingerprint density at radius 1 is 0.969 bits per heavy atom. The first-order valence-electron chi connectivity index (χ1n) is 10.6. The maximum absolute atomic E-state index is 4.61. The van der Waals surface area contributed by atoms with E-state index in [2.05, 4.69) is 87.5 Å². The van der Waals surface area contributed by atoms with E-state index in [4.69, 9.17) is 0 Å². The molecule has 0 aliphatic heterocycles. The van der Waals surface area contributed by atoms with Gasteiger partial charge in [-0.1, -0.05) is 91.0 Å². The van der Waals surface area contributed by atoms with Crippen LogP contribution < -0.4 is 5.32 Å². The Morgan fingerprint density at radius 3 is 2.50 bits per heavy atom. The molecule has 0 spiro atoms. The van der Waals surface area contributed by atoms with E-state index in [9.17, 15) is 0 Å². The summed E-state index contributed by atoms with van der Waals surface area (Å²) in [5.41, 5.74) is 5.46. The van der Waals surface area contributed by atoms with Gasteiger partial charge in [0.2, 0.25) is 5.95 Å². The molecule has 0 atom stereocenters. The predicted octanol–water partition coefficient (Wildman–Crippen LogP) is 6.84. The number of allylic oxidation sites excluding steroid dienone is 5. The average Bonchev–Trinajstić information content (AvgIpc) is 2.82. The van der Waals surface area contributed by atoms with Crippen LogP contribution in [-0.2, 0) is 6.54 Å². The topological polar surface area (TPSA) is 50.7 Å². The molecule has 0 radical (unpaired) electrons. The van der Waals surface area contributed by atoms with Crippen LogP contribution in [0.4, 0.5) is 5.95 Å². The lowest BCUT2D eigenvalue weighted by Gasteiger charge is -2.08. The Kier molecular flexibility index (Phi) is 6.52. The summed E-state index contributed by atoms with van der Waals surface area (Å²) in [6, 6.07) is 23.0. The first-order chi connectivity index (χ1) is 15.6. The van der Waals surface area contributed by atoms with Gasteiger partial charge in [-0.25, -0.2) is 9.97 Å². The summed E-state index contributed by atoms with van der Waals surface area (Å²) in [4.78, 5) is 13.3. The zero-order valence-electron chi connectivity index (χ0n) is 18.4. The van der Waals surface area contributed by atoms with Crippen LogP contribution in [0, 0.1) is 0 Å². The van der Waals surface area contributed by atoms with E-state index in [0.29, 0.717) is 18.3 Å². The molecule has 0 aliphatic carbocycles. The fraction of sp³-hybridized carbons (Fsp3) is 0.107. The first kappa shape index (κ1) is 21.2. The van der Waals surface area contributed by atoms with Gasteiger partial charge in [-0.2, -0.15) is 4.98 Å². The number of hydrogen-bond donors (Lipinski definition) is 1. The molecule has 3 aromatic carbocycles. The second-order valence-electron chi connectivity index (χ2n) is 7.69. The molecule has 0 saturated carbocycles. The quantitative estimate of drug-likeness (QED) is 0.334. The molecule has 1 N–H and O–H groups in total. The number of nitrogens with zero attached hydrogens (tertiary/aromatic N) is 3. The van der Waals surface area contributed by atoms with Crippen molar-refractivity contribution >= 4 is 22.3 Å². The minimum atomic E-state index is 0.559. The molecular formula is C28H26N4. The maximum atomic E-state index is 4.61. The van der Waals surface area contributed by atoms with E-state index >= 15 is 0 Å². The number of hydrogen-bond acceptors (Lipinski definition) is 4. The molecule has 158 valence electrons. The predicted molar refractivity (Wildman–Crippen MR) is 134 cm³/mol. The molecular weight excluding hydrogens is 392 g/mol. The molecule has 4 heteroatoms. The summed E-state index contributed by atoms with van der Waals surface area (Å²) in [6.45, 7) is 8.64. The molecule has 0 amide bonds. The van der Waals surface area contributed by atoms with E-state index < -0.39 is 0 Å². The third kappa shape index (κ3) is 5.16. The minimum absolute atomic E-state index is 0.559. The van der Waals surface area contributed by atoms with Crippen molar-refractivity contribution in [3.05, 3.63) is 115 Å². The molecule has 32 heavy (non-hydrogen) atoms. The minimum Gasteiger partial charge on any atom is -0.350 e. The monoisotopic (exact) mass is 418 g/mol. The maximum Gasteiger partial charge on any atom is 0.226 e. The van der Waals surface area contributed by atoms with Crippen LogP contribution in [0.1, 0.15) is 25.0 Å². The molecule has 4 nitrogen and oxygen atoms in total. The summed E-state index contributed by atoms with van der Waals surface area (Å²) in [6.07, 6.45) is 7.78. The first-order valence-corrected chi connectivity index (χ1v) is 10.6. The Hall–Kier alpha value is -4.05. The molecule has 4 rings (SSSR count). The summed E-state index contributed by atoms with van der Waals surface area (Å²) in [7, 11) is 0. The van der Waals surface area contributed by atoms with Gasteiger partial charge in [-0.05, 0) is 47.4 Å². The van der Waals surface area contributed by atoms with Gasteiger partial charge in [-0.15, -0.1) is 0 Å². The van der Waals surface area contributed by atoms with Gasteiger partial charge in [0.05, 0.1) is 0 Å². The largest absolute Gasteiger partial charge is 0.350 e. The molecule has 0 saturated heterocycles. The highest BCUT2D eigenvalue weighted by atomic mass is 15.1. The Morgan fingerprint density at radius 2 is 1.75 bits per heavy atom. The lowest BCUT2D eigenvalue weighted by Crippen LogP contribution is -2.05. The average molecular weight is 419 g/mol. The van der Waals surface area contributed by atoms with Gasteiger partial charge >= 0.3 is 0 Å². The lowest BCUT2D eigenvalue weighted by molar-refractivity contribution is 1.01. The molecule has 0 fully saturated rings. The third-order valence-electron chi connectivity index (χ3n) is 5.07. The number of aromatic nitrogens is 3. The number of nitrogens with one attached hydrogen (secondary N) is 1. The zero-order valence-corrected chi connectivity index (χ0v) is 18.4. The van der Waals surface area contributed by atoms with Crippen molar-refractivity contribution in [2.24, 2.45) is 0 Å². The smallest absolute Gasteiger partial charge is 0.226 e. The van der Waals surface area contributed by atoms with Crippen molar-refractivity contribution in [1.82, 2.24) is 15.0 Å². The van der Waals surface area contributed by atoms with Crippen LogP contribution in [0.25, 0.3) is 27.7 Å². The summed E-state index contributed by atoms with van der Waals surface area (Å²) in [5, 5.41) is 5.67. The summed E-state index contributed by atoms with van der Waals surface area (Å²) in [5.74, 6) is 1.22. The van der Waals surface area contributed by atoms with Crippen molar-refractivity contribution < 1.29 is 0 Å². The van der Waals surface area contributed by atoms with Crippen LogP contribution >= 0.6 is 0 Å². The van der Waals surface area contributed by atoms with E-state index in [1.54, 1.807) is 6.33 Å². The van der Waals surface area contributed by atoms with E-state index in [1.807, 2.05) is 38.1 Å². The second kappa shape index (κ2) is 9.84. The van der Waals surface area contributed by atoms with Crippen LogP contribution in [0.5, 0.6) is 0 Å². The number of benzene rings is 3. The van der Waals surface area contributed by atoms with Gasteiger partial charge in [-0.3, -0.25) is 0 Å². The standard InChI is InChI=1S/C28H26N4/c1-4-7-24(16-20(2)3)23-12-10-21(11-13-23)18-29-28-31-19-30-27(32-28)26-15-14-22-8-5-6-9-25(22)17-26/h4-17,19H,2,18H2,1,3H3,(H,29,30,31,32)/b7-4-,24-16+. The highest BCUT2D eigenvalue weighted by molar-refractivity contribution is 5.86. The van der Waals surface area contributed by atoms with E-state index in [1.165, 1.54) is 5.39 Å². The van der Waals surface area contributed by atoms with Gasteiger partial charge < -0.3 is 5.32 Å². The summed E-state index contributed by atoms with van der Waals surface area (Å²) < 4.78 is 0. The van der Waals surface area contributed by atoms with Gasteiger partial charge in [0.25, 0.3) is 0 Å². The van der Waals surface area contributed by atoms with Crippen molar-refractivity contribution in [1.29, 1.82) is 0 Å². The Bertz CT molecular complexity index is 1300. The van der Waals surface area contributed by atoms with Crippen molar-refractivity contribution in [3.8, 4) is 11.4 Å². The highest BCUT2D eigenvalue weighted by Gasteiger charge is 2.06. The van der Waals surface area contributed by atoms with Crippen LogP contribution in [0.2, 0.25) is 0 Å².